The Balaban J connectivity index is 1.89. The molecule has 0 unspecified atom stereocenters. The van der Waals surface area contributed by atoms with Crippen molar-refractivity contribution in [3.63, 3.8) is 0 Å². The van der Waals surface area contributed by atoms with Gasteiger partial charge in [0.05, 0.1) is 26.7 Å². The summed E-state index contributed by atoms with van der Waals surface area (Å²) in [6.45, 7) is 5.04. The summed E-state index contributed by atoms with van der Waals surface area (Å²) in [5.74, 6) is -0.838. The second kappa shape index (κ2) is 11.5. The number of methoxy groups -OCH3 is 1. The van der Waals surface area contributed by atoms with E-state index in [9.17, 15) is 14.0 Å². The summed E-state index contributed by atoms with van der Waals surface area (Å²) < 4.78 is 23.0. The topological polar surface area (TPSA) is 59.1 Å². The molecule has 0 atom stereocenters. The highest BCUT2D eigenvalue weighted by atomic mass is 19.1. The van der Waals surface area contributed by atoms with Crippen molar-refractivity contribution in [2.45, 2.75) is 12.8 Å². The average molecular weight is 378 g/mol. The quantitative estimate of drug-likeness (QED) is 0.486. The van der Waals surface area contributed by atoms with Gasteiger partial charge in [0.25, 0.3) is 0 Å². The molecule has 0 radical (unpaired) electrons. The van der Waals surface area contributed by atoms with Crippen LogP contribution in [0.25, 0.3) is 6.08 Å². The van der Waals surface area contributed by atoms with Gasteiger partial charge in [-0.1, -0.05) is 12.1 Å². The fourth-order valence-corrected chi connectivity index (χ4v) is 2.82. The third-order valence-corrected chi connectivity index (χ3v) is 4.42. The summed E-state index contributed by atoms with van der Waals surface area (Å²) >= 11 is 0. The number of esters is 1. The minimum atomic E-state index is -0.344. The number of carbonyl (C=O) groups is 2. The lowest BCUT2D eigenvalue weighted by Gasteiger charge is -2.28. The number of halogens is 1. The molecule has 2 rings (SSSR count). The van der Waals surface area contributed by atoms with Gasteiger partial charge in [0.1, 0.15) is 5.82 Å². The Bertz CT molecular complexity index is 627. The van der Waals surface area contributed by atoms with Crippen LogP contribution in [0.5, 0.6) is 0 Å². The van der Waals surface area contributed by atoms with Gasteiger partial charge in [0, 0.05) is 38.8 Å². The zero-order valence-electron chi connectivity index (χ0n) is 15.7. The molecule has 7 heteroatoms. The van der Waals surface area contributed by atoms with Crippen LogP contribution in [0, 0.1) is 5.82 Å². The van der Waals surface area contributed by atoms with Crippen molar-refractivity contribution in [2.24, 2.45) is 0 Å². The van der Waals surface area contributed by atoms with E-state index in [2.05, 4.69) is 9.64 Å². The number of hydrogen-bond acceptors (Lipinski definition) is 5. The highest BCUT2D eigenvalue weighted by Crippen LogP contribution is 2.07. The second-order valence-corrected chi connectivity index (χ2v) is 6.34. The van der Waals surface area contributed by atoms with Gasteiger partial charge < -0.3 is 14.4 Å². The number of benzene rings is 1. The molecule has 1 saturated heterocycles. The Kier molecular flexibility index (Phi) is 8.94. The van der Waals surface area contributed by atoms with E-state index >= 15 is 0 Å². The fourth-order valence-electron chi connectivity index (χ4n) is 2.82. The summed E-state index contributed by atoms with van der Waals surface area (Å²) in [5, 5.41) is 0. The Morgan fingerprint density at radius 3 is 2.59 bits per heavy atom. The zero-order valence-corrected chi connectivity index (χ0v) is 15.7. The molecular formula is C20H27FN2O4. The standard InChI is InChI=1S/C20H27FN2O4/c1-26-20(25)9-12-23(11-2-10-22-13-15-27-16-14-22)19(24)8-5-17-3-6-18(21)7-4-17/h3-8H,2,9-16H2,1H3/b8-5+. The number of rotatable bonds is 9. The number of morpholine rings is 1. The number of ether oxygens (including phenoxy) is 2. The van der Waals surface area contributed by atoms with Gasteiger partial charge in [-0.3, -0.25) is 14.5 Å². The Hall–Kier alpha value is -2.25. The molecule has 1 fully saturated rings. The van der Waals surface area contributed by atoms with Crippen LogP contribution in [0.4, 0.5) is 4.39 Å². The Labute approximate surface area is 159 Å². The zero-order chi connectivity index (χ0) is 19.5. The molecular weight excluding hydrogens is 351 g/mol. The summed E-state index contributed by atoms with van der Waals surface area (Å²) in [7, 11) is 1.33. The normalized spacial score (nSPS) is 15.0. The minimum Gasteiger partial charge on any atom is -0.469 e. The molecule has 0 aliphatic carbocycles. The first-order valence-corrected chi connectivity index (χ1v) is 9.18. The van der Waals surface area contributed by atoms with E-state index in [1.165, 1.54) is 25.3 Å². The van der Waals surface area contributed by atoms with Crippen LogP contribution >= 0.6 is 0 Å². The first kappa shape index (κ1) is 21.1. The second-order valence-electron chi connectivity index (χ2n) is 6.34. The molecule has 0 spiro atoms. The van der Waals surface area contributed by atoms with Crippen molar-refractivity contribution >= 4 is 18.0 Å². The molecule has 6 nitrogen and oxygen atoms in total. The first-order valence-electron chi connectivity index (χ1n) is 9.18. The average Bonchev–Trinajstić information content (AvgIpc) is 2.70. The minimum absolute atomic E-state index is 0.157. The third kappa shape index (κ3) is 7.88. The summed E-state index contributed by atoms with van der Waals surface area (Å²) in [6, 6.07) is 5.91. The van der Waals surface area contributed by atoms with E-state index < -0.39 is 0 Å². The van der Waals surface area contributed by atoms with E-state index in [1.54, 1.807) is 23.1 Å². The molecule has 0 N–H and O–H groups in total. The molecule has 1 aliphatic heterocycles. The molecule has 0 saturated carbocycles. The van der Waals surface area contributed by atoms with E-state index in [-0.39, 0.29) is 24.1 Å². The number of nitrogens with zero attached hydrogens (tertiary/aromatic N) is 2. The third-order valence-electron chi connectivity index (χ3n) is 4.42. The van der Waals surface area contributed by atoms with Crippen LogP contribution in [-0.4, -0.2) is 74.7 Å². The van der Waals surface area contributed by atoms with E-state index in [1.807, 2.05) is 0 Å². The molecule has 1 amide bonds. The number of amides is 1. The highest BCUT2D eigenvalue weighted by molar-refractivity contribution is 5.92. The van der Waals surface area contributed by atoms with E-state index in [4.69, 9.17) is 4.74 Å². The van der Waals surface area contributed by atoms with Gasteiger partial charge in [0.2, 0.25) is 5.91 Å². The molecule has 1 aromatic rings. The lowest BCUT2D eigenvalue weighted by molar-refractivity contribution is -0.141. The van der Waals surface area contributed by atoms with Crippen molar-refractivity contribution in [3.05, 3.63) is 41.7 Å². The Morgan fingerprint density at radius 2 is 1.93 bits per heavy atom. The molecule has 27 heavy (non-hydrogen) atoms. The van der Waals surface area contributed by atoms with E-state index in [0.29, 0.717) is 13.1 Å². The largest absolute Gasteiger partial charge is 0.469 e. The van der Waals surface area contributed by atoms with Gasteiger partial charge in [-0.15, -0.1) is 0 Å². The van der Waals surface area contributed by atoms with Gasteiger partial charge in [-0.25, -0.2) is 4.39 Å². The predicted molar refractivity (Wildman–Crippen MR) is 101 cm³/mol. The highest BCUT2D eigenvalue weighted by Gasteiger charge is 2.15. The SMILES string of the molecule is COC(=O)CCN(CCCN1CCOCC1)C(=O)/C=C/c1ccc(F)cc1. The molecule has 1 aliphatic rings. The summed E-state index contributed by atoms with van der Waals surface area (Å²) in [6.07, 6.45) is 4.08. The first-order chi connectivity index (χ1) is 13.1. The van der Waals surface area contributed by atoms with Crippen molar-refractivity contribution in [1.82, 2.24) is 9.80 Å². The summed E-state index contributed by atoms with van der Waals surface area (Å²) in [5.41, 5.74) is 0.742. The molecule has 0 bridgehead atoms. The van der Waals surface area contributed by atoms with Crippen LogP contribution in [0.1, 0.15) is 18.4 Å². The maximum absolute atomic E-state index is 13.0. The van der Waals surface area contributed by atoms with Crippen LogP contribution in [0.15, 0.2) is 30.3 Å². The Morgan fingerprint density at radius 1 is 1.22 bits per heavy atom. The molecule has 0 aromatic heterocycles. The lowest BCUT2D eigenvalue weighted by Crippen LogP contribution is -2.39. The monoisotopic (exact) mass is 378 g/mol. The van der Waals surface area contributed by atoms with Crippen LogP contribution < -0.4 is 0 Å². The van der Waals surface area contributed by atoms with Gasteiger partial charge in [-0.05, 0) is 30.2 Å². The van der Waals surface area contributed by atoms with Crippen LogP contribution in [0.3, 0.4) is 0 Å². The van der Waals surface area contributed by atoms with Crippen molar-refractivity contribution in [2.75, 3.05) is 53.0 Å². The van der Waals surface area contributed by atoms with Gasteiger partial charge in [0.15, 0.2) is 0 Å². The van der Waals surface area contributed by atoms with Crippen molar-refractivity contribution in [3.8, 4) is 0 Å². The van der Waals surface area contributed by atoms with Crippen LogP contribution in [-0.2, 0) is 19.1 Å². The summed E-state index contributed by atoms with van der Waals surface area (Å²) in [4.78, 5) is 27.9. The van der Waals surface area contributed by atoms with E-state index in [0.717, 1.165) is 44.8 Å². The number of carbonyl (C=O) groups excluding carboxylic acids is 2. The fraction of sp³-hybridized carbons (Fsp3) is 0.500. The molecule has 1 aromatic carbocycles. The van der Waals surface area contributed by atoms with Crippen LogP contribution in [0.2, 0.25) is 0 Å². The van der Waals surface area contributed by atoms with Gasteiger partial charge in [-0.2, -0.15) is 0 Å². The van der Waals surface area contributed by atoms with Crippen molar-refractivity contribution < 1.29 is 23.5 Å². The smallest absolute Gasteiger partial charge is 0.307 e. The maximum atomic E-state index is 13.0. The number of hydrogen-bond donors (Lipinski definition) is 0. The maximum Gasteiger partial charge on any atom is 0.307 e. The predicted octanol–water partition coefficient (Wildman–Crippen LogP) is 1.95. The molecule has 1 heterocycles. The lowest BCUT2D eigenvalue weighted by atomic mass is 10.2. The molecule has 148 valence electrons. The van der Waals surface area contributed by atoms with Crippen molar-refractivity contribution in [1.29, 1.82) is 0 Å². The van der Waals surface area contributed by atoms with Gasteiger partial charge >= 0.3 is 5.97 Å².